The zero-order chi connectivity index (χ0) is 12.4. The summed E-state index contributed by atoms with van der Waals surface area (Å²) in [6.45, 7) is 6.35. The van der Waals surface area contributed by atoms with Gasteiger partial charge >= 0.3 is 0 Å². The van der Waals surface area contributed by atoms with Crippen LogP contribution < -0.4 is 4.74 Å². The summed E-state index contributed by atoms with van der Waals surface area (Å²) in [6.07, 6.45) is -0.228. The van der Waals surface area contributed by atoms with Gasteiger partial charge in [0, 0.05) is 5.56 Å². The van der Waals surface area contributed by atoms with Crippen LogP contribution in [0, 0.1) is 0 Å². The standard InChI is InChI=1S/C13H18O4/c1-4-15-12-7-10(5-6-11(12)14)13-16-8(2)9(3)17-13/h5-9,13-14H,4H2,1-3H3. The lowest BCUT2D eigenvalue weighted by atomic mass is 10.2. The number of hydrogen-bond acceptors (Lipinski definition) is 4. The Morgan fingerprint density at radius 3 is 2.47 bits per heavy atom. The Hall–Kier alpha value is -1.26. The van der Waals surface area contributed by atoms with E-state index in [1.54, 1.807) is 18.2 Å². The first-order valence-electron chi connectivity index (χ1n) is 5.88. The second-order valence-electron chi connectivity index (χ2n) is 4.17. The molecule has 0 radical (unpaired) electrons. The molecule has 1 aliphatic heterocycles. The van der Waals surface area contributed by atoms with Crippen molar-refractivity contribution in [3.05, 3.63) is 23.8 Å². The number of benzene rings is 1. The molecule has 1 aromatic carbocycles. The van der Waals surface area contributed by atoms with Crippen molar-refractivity contribution in [3.8, 4) is 11.5 Å². The number of phenolic OH excluding ortho intramolecular Hbond substituents is 1. The van der Waals surface area contributed by atoms with Gasteiger partial charge in [0.15, 0.2) is 17.8 Å². The van der Waals surface area contributed by atoms with Crippen LogP contribution in [-0.2, 0) is 9.47 Å². The first-order chi connectivity index (χ1) is 8.11. The van der Waals surface area contributed by atoms with Gasteiger partial charge in [-0.3, -0.25) is 0 Å². The van der Waals surface area contributed by atoms with E-state index in [0.717, 1.165) is 5.56 Å². The van der Waals surface area contributed by atoms with Gasteiger partial charge in [-0.15, -0.1) is 0 Å². The normalized spacial score (nSPS) is 28.3. The van der Waals surface area contributed by atoms with Crippen molar-refractivity contribution in [2.45, 2.75) is 39.3 Å². The van der Waals surface area contributed by atoms with Crippen LogP contribution in [0.3, 0.4) is 0 Å². The highest BCUT2D eigenvalue weighted by Gasteiger charge is 2.31. The molecule has 1 fully saturated rings. The van der Waals surface area contributed by atoms with Crippen molar-refractivity contribution in [2.75, 3.05) is 6.61 Å². The maximum atomic E-state index is 9.61. The lowest BCUT2D eigenvalue weighted by molar-refractivity contribution is -0.0654. The predicted molar refractivity (Wildman–Crippen MR) is 63.1 cm³/mol. The molecule has 17 heavy (non-hydrogen) atoms. The van der Waals surface area contributed by atoms with Crippen LogP contribution in [0.2, 0.25) is 0 Å². The Balaban J connectivity index is 2.19. The quantitative estimate of drug-likeness (QED) is 0.879. The van der Waals surface area contributed by atoms with E-state index in [2.05, 4.69) is 0 Å². The topological polar surface area (TPSA) is 47.9 Å². The second kappa shape index (κ2) is 4.94. The molecule has 0 spiro atoms. The maximum absolute atomic E-state index is 9.61. The summed E-state index contributed by atoms with van der Waals surface area (Å²) in [4.78, 5) is 0. The average molecular weight is 238 g/mol. The molecule has 2 unspecified atom stereocenters. The van der Waals surface area contributed by atoms with Crippen molar-refractivity contribution in [2.24, 2.45) is 0 Å². The zero-order valence-electron chi connectivity index (χ0n) is 10.3. The fourth-order valence-electron chi connectivity index (χ4n) is 1.75. The molecule has 0 bridgehead atoms. The average Bonchev–Trinajstić information content (AvgIpc) is 2.63. The van der Waals surface area contributed by atoms with E-state index in [1.165, 1.54) is 0 Å². The Morgan fingerprint density at radius 2 is 1.88 bits per heavy atom. The summed E-state index contributed by atoms with van der Waals surface area (Å²) in [5.41, 5.74) is 0.863. The molecule has 4 nitrogen and oxygen atoms in total. The molecule has 0 aromatic heterocycles. The number of ether oxygens (including phenoxy) is 3. The number of rotatable bonds is 3. The predicted octanol–water partition coefficient (Wildman–Crippen LogP) is 2.61. The molecule has 1 aromatic rings. The Bertz CT molecular complexity index is 381. The summed E-state index contributed by atoms with van der Waals surface area (Å²) in [7, 11) is 0. The van der Waals surface area contributed by atoms with E-state index in [0.29, 0.717) is 12.4 Å². The van der Waals surface area contributed by atoms with Gasteiger partial charge < -0.3 is 19.3 Å². The van der Waals surface area contributed by atoms with Gasteiger partial charge in [-0.25, -0.2) is 0 Å². The van der Waals surface area contributed by atoms with Gasteiger partial charge in [-0.2, -0.15) is 0 Å². The van der Waals surface area contributed by atoms with E-state index in [4.69, 9.17) is 14.2 Å². The van der Waals surface area contributed by atoms with Gasteiger partial charge in [0.2, 0.25) is 0 Å². The summed E-state index contributed by atoms with van der Waals surface area (Å²) < 4.78 is 16.7. The third-order valence-electron chi connectivity index (χ3n) is 2.89. The minimum absolute atomic E-state index is 0.0735. The van der Waals surface area contributed by atoms with Gasteiger partial charge in [0.25, 0.3) is 0 Å². The van der Waals surface area contributed by atoms with E-state index in [9.17, 15) is 5.11 Å². The van der Waals surface area contributed by atoms with E-state index in [1.807, 2.05) is 20.8 Å². The van der Waals surface area contributed by atoms with Crippen LogP contribution in [-0.4, -0.2) is 23.9 Å². The molecule has 1 saturated heterocycles. The van der Waals surface area contributed by atoms with Gasteiger partial charge in [-0.05, 0) is 32.9 Å². The van der Waals surface area contributed by atoms with E-state index in [-0.39, 0.29) is 24.2 Å². The molecular formula is C13H18O4. The first kappa shape index (κ1) is 12.2. The molecule has 0 aliphatic carbocycles. The molecule has 1 aliphatic rings. The molecule has 1 heterocycles. The summed E-state index contributed by atoms with van der Waals surface area (Å²) in [5, 5.41) is 9.61. The fourth-order valence-corrected chi connectivity index (χ4v) is 1.75. The van der Waals surface area contributed by atoms with Gasteiger partial charge in [-0.1, -0.05) is 6.07 Å². The molecule has 0 amide bonds. The second-order valence-corrected chi connectivity index (χ2v) is 4.17. The fraction of sp³-hybridized carbons (Fsp3) is 0.538. The van der Waals surface area contributed by atoms with Crippen molar-refractivity contribution in [1.29, 1.82) is 0 Å². The van der Waals surface area contributed by atoms with E-state index >= 15 is 0 Å². The Kier molecular flexibility index (Phi) is 3.54. The maximum Gasteiger partial charge on any atom is 0.184 e. The van der Waals surface area contributed by atoms with Crippen molar-refractivity contribution in [1.82, 2.24) is 0 Å². The molecule has 0 saturated carbocycles. The third-order valence-corrected chi connectivity index (χ3v) is 2.89. The Labute approximate surface area is 101 Å². The van der Waals surface area contributed by atoms with Crippen molar-refractivity contribution in [3.63, 3.8) is 0 Å². The summed E-state index contributed by atoms with van der Waals surface area (Å²) in [6, 6.07) is 5.14. The zero-order valence-corrected chi connectivity index (χ0v) is 10.3. The van der Waals surface area contributed by atoms with E-state index < -0.39 is 0 Å². The number of phenols is 1. The van der Waals surface area contributed by atoms with Crippen LogP contribution in [0.5, 0.6) is 11.5 Å². The molecule has 2 rings (SSSR count). The molecule has 94 valence electrons. The number of aromatic hydroxyl groups is 1. The summed E-state index contributed by atoms with van der Waals surface area (Å²) >= 11 is 0. The molecular weight excluding hydrogens is 220 g/mol. The van der Waals surface area contributed by atoms with Gasteiger partial charge in [0.1, 0.15) is 0 Å². The molecule has 2 atom stereocenters. The van der Waals surface area contributed by atoms with Crippen LogP contribution in [0.25, 0.3) is 0 Å². The summed E-state index contributed by atoms with van der Waals surface area (Å²) in [5.74, 6) is 0.596. The highest BCUT2D eigenvalue weighted by atomic mass is 16.7. The Morgan fingerprint density at radius 1 is 1.24 bits per heavy atom. The third kappa shape index (κ3) is 2.53. The molecule has 1 N–H and O–H groups in total. The number of hydrogen-bond donors (Lipinski definition) is 1. The lowest BCUT2D eigenvalue weighted by Gasteiger charge is -2.13. The van der Waals surface area contributed by atoms with Crippen LogP contribution in [0.4, 0.5) is 0 Å². The molecule has 4 heteroatoms. The monoisotopic (exact) mass is 238 g/mol. The minimum atomic E-state index is -0.375. The lowest BCUT2D eigenvalue weighted by Crippen LogP contribution is -2.13. The van der Waals surface area contributed by atoms with Crippen LogP contribution >= 0.6 is 0 Å². The highest BCUT2D eigenvalue weighted by Crippen LogP contribution is 2.35. The smallest absolute Gasteiger partial charge is 0.184 e. The first-order valence-corrected chi connectivity index (χ1v) is 5.88. The van der Waals surface area contributed by atoms with Gasteiger partial charge in [0.05, 0.1) is 18.8 Å². The van der Waals surface area contributed by atoms with Crippen LogP contribution in [0.1, 0.15) is 32.6 Å². The van der Waals surface area contributed by atoms with Crippen molar-refractivity contribution < 1.29 is 19.3 Å². The van der Waals surface area contributed by atoms with Crippen molar-refractivity contribution >= 4 is 0 Å². The van der Waals surface area contributed by atoms with Crippen LogP contribution in [0.15, 0.2) is 18.2 Å². The highest BCUT2D eigenvalue weighted by molar-refractivity contribution is 5.42. The SMILES string of the molecule is CCOc1cc(C2OC(C)C(C)O2)ccc1O. The largest absolute Gasteiger partial charge is 0.504 e. The minimum Gasteiger partial charge on any atom is -0.504 e.